The van der Waals surface area contributed by atoms with E-state index in [0.717, 1.165) is 42.7 Å². The Labute approximate surface area is 122 Å². The van der Waals surface area contributed by atoms with E-state index >= 15 is 0 Å². The molecule has 5 nitrogen and oxygen atoms in total. The van der Waals surface area contributed by atoms with Gasteiger partial charge in [0.2, 0.25) is 0 Å². The lowest BCUT2D eigenvalue weighted by Crippen LogP contribution is -2.21. The van der Waals surface area contributed by atoms with Crippen molar-refractivity contribution >= 4 is 11.6 Å². The van der Waals surface area contributed by atoms with Crippen molar-refractivity contribution in [2.24, 2.45) is 0 Å². The summed E-state index contributed by atoms with van der Waals surface area (Å²) in [6.45, 7) is 14.7. The average molecular weight is 280 g/mol. The first-order valence-electron chi connectivity index (χ1n) is 7.47. The van der Waals surface area contributed by atoms with Crippen LogP contribution in [-0.2, 0) is 4.74 Å². The molecule has 0 saturated carbocycles. The summed E-state index contributed by atoms with van der Waals surface area (Å²) in [5.74, 6) is 2.97. The first-order chi connectivity index (χ1) is 9.49. The molecule has 0 spiro atoms. The van der Waals surface area contributed by atoms with Crippen molar-refractivity contribution < 1.29 is 4.74 Å². The molecule has 1 aromatic rings. The van der Waals surface area contributed by atoms with Gasteiger partial charge in [-0.15, -0.1) is 0 Å². The van der Waals surface area contributed by atoms with Crippen LogP contribution in [-0.4, -0.2) is 35.8 Å². The van der Waals surface area contributed by atoms with Crippen molar-refractivity contribution in [3.63, 3.8) is 0 Å². The Kier molecular flexibility index (Phi) is 6.71. The number of rotatable bonds is 8. The summed E-state index contributed by atoms with van der Waals surface area (Å²) in [4.78, 5) is 9.22. The molecule has 0 radical (unpaired) electrons. The van der Waals surface area contributed by atoms with Crippen molar-refractivity contribution in [3.8, 4) is 0 Å². The van der Waals surface area contributed by atoms with Gasteiger partial charge in [0.15, 0.2) is 0 Å². The number of nitrogens with zero attached hydrogens (tertiary/aromatic N) is 2. The summed E-state index contributed by atoms with van der Waals surface area (Å²) in [6, 6.07) is 0. The zero-order valence-corrected chi connectivity index (χ0v) is 13.6. The van der Waals surface area contributed by atoms with Crippen LogP contribution >= 0.6 is 0 Å². The Hall–Kier alpha value is -1.36. The Morgan fingerprint density at radius 1 is 1.05 bits per heavy atom. The highest BCUT2D eigenvalue weighted by Crippen LogP contribution is 2.23. The fourth-order valence-electron chi connectivity index (χ4n) is 1.89. The number of aromatic nitrogens is 2. The van der Waals surface area contributed by atoms with Crippen LogP contribution in [0.25, 0.3) is 0 Å². The van der Waals surface area contributed by atoms with Gasteiger partial charge in [0, 0.05) is 31.2 Å². The maximum atomic E-state index is 5.54. The van der Waals surface area contributed by atoms with Gasteiger partial charge in [-0.05, 0) is 27.7 Å². The molecule has 5 heteroatoms. The minimum Gasteiger partial charge on any atom is -0.377 e. The molecule has 0 bridgehead atoms. The summed E-state index contributed by atoms with van der Waals surface area (Å²) in [5, 5.41) is 6.68. The molecule has 1 aromatic heterocycles. The molecule has 0 fully saturated rings. The number of hydrogen-bond acceptors (Lipinski definition) is 5. The largest absolute Gasteiger partial charge is 0.377 e. The molecule has 0 aromatic carbocycles. The van der Waals surface area contributed by atoms with E-state index in [1.54, 1.807) is 0 Å². The molecule has 0 aliphatic rings. The van der Waals surface area contributed by atoms with Crippen LogP contribution in [0.2, 0.25) is 0 Å². The Morgan fingerprint density at radius 2 is 1.65 bits per heavy atom. The standard InChI is InChI=1S/C15H28N4O/c1-7-16-14-12(6)15(17-9-11(5)20-8-2)19-13(18-14)10(3)4/h10-11H,7-9H2,1-6H3,(H2,16,17,18,19). The highest BCUT2D eigenvalue weighted by atomic mass is 16.5. The second-order valence-electron chi connectivity index (χ2n) is 5.24. The Morgan fingerprint density at radius 3 is 2.15 bits per heavy atom. The van der Waals surface area contributed by atoms with E-state index < -0.39 is 0 Å². The third-order valence-electron chi connectivity index (χ3n) is 3.03. The Bertz CT molecular complexity index is 421. The van der Waals surface area contributed by atoms with Gasteiger partial charge in [0.25, 0.3) is 0 Å². The van der Waals surface area contributed by atoms with Crippen molar-refractivity contribution in [1.29, 1.82) is 0 Å². The molecule has 0 amide bonds. The zero-order valence-electron chi connectivity index (χ0n) is 13.6. The van der Waals surface area contributed by atoms with Gasteiger partial charge in [-0.25, -0.2) is 9.97 Å². The molecular formula is C15H28N4O. The lowest BCUT2D eigenvalue weighted by atomic mass is 10.2. The second kappa shape index (κ2) is 8.04. The van der Waals surface area contributed by atoms with Crippen molar-refractivity contribution in [1.82, 2.24) is 9.97 Å². The molecule has 0 aliphatic heterocycles. The molecule has 20 heavy (non-hydrogen) atoms. The number of hydrogen-bond donors (Lipinski definition) is 2. The van der Waals surface area contributed by atoms with E-state index in [1.165, 1.54) is 0 Å². The first kappa shape index (κ1) is 16.7. The molecule has 114 valence electrons. The minimum atomic E-state index is 0.166. The zero-order chi connectivity index (χ0) is 15.1. The highest BCUT2D eigenvalue weighted by Gasteiger charge is 2.13. The average Bonchev–Trinajstić information content (AvgIpc) is 2.40. The van der Waals surface area contributed by atoms with Gasteiger partial charge in [0.05, 0.1) is 6.10 Å². The van der Waals surface area contributed by atoms with Gasteiger partial charge in [-0.3, -0.25) is 0 Å². The summed E-state index contributed by atoms with van der Waals surface area (Å²) in [5.41, 5.74) is 1.06. The third kappa shape index (κ3) is 4.63. The third-order valence-corrected chi connectivity index (χ3v) is 3.03. The summed E-state index contributed by atoms with van der Waals surface area (Å²) in [7, 11) is 0. The minimum absolute atomic E-state index is 0.166. The van der Waals surface area contributed by atoms with E-state index in [-0.39, 0.29) is 6.10 Å². The normalized spacial score (nSPS) is 12.6. The molecule has 0 saturated heterocycles. The molecule has 1 unspecified atom stereocenters. The molecule has 1 heterocycles. The smallest absolute Gasteiger partial charge is 0.135 e. The molecule has 1 rings (SSSR count). The van der Waals surface area contributed by atoms with E-state index in [9.17, 15) is 0 Å². The van der Waals surface area contributed by atoms with Crippen LogP contribution in [0.3, 0.4) is 0 Å². The van der Waals surface area contributed by atoms with Gasteiger partial charge >= 0.3 is 0 Å². The monoisotopic (exact) mass is 280 g/mol. The number of anilines is 2. The van der Waals surface area contributed by atoms with Crippen LogP contribution in [0.15, 0.2) is 0 Å². The SMILES string of the molecule is CCNc1nc(C(C)C)nc(NCC(C)OCC)c1C. The van der Waals surface area contributed by atoms with E-state index in [2.05, 4.69) is 48.3 Å². The van der Waals surface area contributed by atoms with Crippen LogP contribution in [0.1, 0.15) is 51.9 Å². The van der Waals surface area contributed by atoms with Gasteiger partial charge in [-0.1, -0.05) is 13.8 Å². The maximum Gasteiger partial charge on any atom is 0.135 e. The molecule has 0 aliphatic carbocycles. The van der Waals surface area contributed by atoms with Crippen LogP contribution in [0, 0.1) is 6.92 Å². The van der Waals surface area contributed by atoms with E-state index in [0.29, 0.717) is 5.92 Å². The van der Waals surface area contributed by atoms with Gasteiger partial charge < -0.3 is 15.4 Å². The van der Waals surface area contributed by atoms with Crippen LogP contribution in [0.4, 0.5) is 11.6 Å². The summed E-state index contributed by atoms with van der Waals surface area (Å²) in [6.07, 6.45) is 0.166. The lowest BCUT2D eigenvalue weighted by Gasteiger charge is -2.18. The number of ether oxygens (including phenoxy) is 1. The van der Waals surface area contributed by atoms with Crippen LogP contribution in [0.5, 0.6) is 0 Å². The maximum absolute atomic E-state index is 5.54. The topological polar surface area (TPSA) is 59.1 Å². The summed E-state index contributed by atoms with van der Waals surface area (Å²) < 4.78 is 5.54. The predicted octanol–water partition coefficient (Wildman–Crippen LogP) is 3.18. The first-order valence-corrected chi connectivity index (χ1v) is 7.47. The van der Waals surface area contributed by atoms with Crippen LogP contribution < -0.4 is 10.6 Å². The fourth-order valence-corrected chi connectivity index (χ4v) is 1.89. The van der Waals surface area contributed by atoms with Gasteiger partial charge in [0.1, 0.15) is 17.5 Å². The fraction of sp³-hybridized carbons (Fsp3) is 0.733. The second-order valence-corrected chi connectivity index (χ2v) is 5.24. The Balaban J connectivity index is 2.92. The van der Waals surface area contributed by atoms with E-state index in [1.807, 2.05) is 13.8 Å². The molecular weight excluding hydrogens is 252 g/mol. The van der Waals surface area contributed by atoms with Gasteiger partial charge in [-0.2, -0.15) is 0 Å². The van der Waals surface area contributed by atoms with Crippen molar-refractivity contribution in [2.45, 2.75) is 53.6 Å². The van der Waals surface area contributed by atoms with Crippen molar-refractivity contribution in [2.75, 3.05) is 30.3 Å². The quantitative estimate of drug-likeness (QED) is 0.766. The molecule has 1 atom stereocenters. The lowest BCUT2D eigenvalue weighted by molar-refractivity contribution is 0.0854. The summed E-state index contributed by atoms with van der Waals surface area (Å²) >= 11 is 0. The number of nitrogens with one attached hydrogen (secondary N) is 2. The van der Waals surface area contributed by atoms with E-state index in [4.69, 9.17) is 4.74 Å². The predicted molar refractivity (Wildman–Crippen MR) is 84.6 cm³/mol. The molecule has 2 N–H and O–H groups in total. The highest BCUT2D eigenvalue weighted by molar-refractivity contribution is 5.57. The van der Waals surface area contributed by atoms with Crippen molar-refractivity contribution in [3.05, 3.63) is 11.4 Å².